The number of fused-ring (bicyclic) bond motifs is 1. The van der Waals surface area contributed by atoms with E-state index in [9.17, 15) is 4.79 Å². The zero-order chi connectivity index (χ0) is 21.0. The first kappa shape index (κ1) is 20.8. The molecular weight excluding hydrogens is 368 g/mol. The monoisotopic (exact) mass is 398 g/mol. The van der Waals surface area contributed by atoms with E-state index >= 15 is 0 Å². The minimum atomic E-state index is -0.0833. The zero-order valence-electron chi connectivity index (χ0n) is 17.9. The van der Waals surface area contributed by atoms with Crippen molar-refractivity contribution in [2.75, 3.05) is 44.6 Å². The van der Waals surface area contributed by atoms with Crippen LogP contribution in [0.15, 0.2) is 30.3 Å². The zero-order valence-corrected chi connectivity index (χ0v) is 17.9. The molecule has 0 aliphatic carbocycles. The maximum Gasteiger partial charge on any atom is 0.243 e. The topological polar surface area (TPSA) is 60.0 Å². The van der Waals surface area contributed by atoms with Crippen LogP contribution < -0.4 is 24.4 Å². The molecule has 0 unspecified atom stereocenters. The van der Waals surface area contributed by atoms with Crippen LogP contribution in [0.25, 0.3) is 0 Å². The van der Waals surface area contributed by atoms with Gasteiger partial charge in [0.2, 0.25) is 11.7 Å². The Balaban J connectivity index is 1.75. The highest BCUT2D eigenvalue weighted by molar-refractivity contribution is 5.95. The molecule has 0 saturated heterocycles. The van der Waals surface area contributed by atoms with Crippen molar-refractivity contribution >= 4 is 17.3 Å². The van der Waals surface area contributed by atoms with Crippen LogP contribution >= 0.6 is 0 Å². The Morgan fingerprint density at radius 1 is 1.07 bits per heavy atom. The fraction of sp³-hybridized carbons (Fsp3) is 0.435. The maximum atomic E-state index is 12.8. The van der Waals surface area contributed by atoms with Gasteiger partial charge in [-0.2, -0.15) is 0 Å². The van der Waals surface area contributed by atoms with Crippen molar-refractivity contribution in [2.45, 2.75) is 32.6 Å². The Morgan fingerprint density at radius 2 is 1.76 bits per heavy atom. The van der Waals surface area contributed by atoms with Gasteiger partial charge in [0.15, 0.2) is 11.5 Å². The SMILES string of the molecule is COc1cc(NC(=O)CN2CCCc3cc(C(C)C)ccc32)cc(OC)c1OC. The van der Waals surface area contributed by atoms with E-state index in [-0.39, 0.29) is 5.91 Å². The number of nitrogens with zero attached hydrogens (tertiary/aromatic N) is 1. The normalized spacial score (nSPS) is 13.1. The van der Waals surface area contributed by atoms with Crippen molar-refractivity contribution in [3.8, 4) is 17.2 Å². The molecule has 0 radical (unpaired) electrons. The van der Waals surface area contributed by atoms with Gasteiger partial charge >= 0.3 is 0 Å². The molecule has 0 fully saturated rings. The molecular formula is C23H30N2O4. The molecule has 0 spiro atoms. The number of anilines is 2. The van der Waals surface area contributed by atoms with Crippen LogP contribution in [0.4, 0.5) is 11.4 Å². The van der Waals surface area contributed by atoms with E-state index in [1.54, 1.807) is 33.5 Å². The molecule has 156 valence electrons. The lowest BCUT2D eigenvalue weighted by Gasteiger charge is -2.31. The average Bonchev–Trinajstić information content (AvgIpc) is 2.72. The molecule has 1 N–H and O–H groups in total. The first-order chi connectivity index (χ1) is 14.0. The average molecular weight is 399 g/mol. The number of hydrogen-bond acceptors (Lipinski definition) is 5. The second-order valence-electron chi connectivity index (χ2n) is 7.53. The van der Waals surface area contributed by atoms with Crippen LogP contribution in [-0.4, -0.2) is 40.3 Å². The van der Waals surface area contributed by atoms with E-state index in [0.29, 0.717) is 35.4 Å². The number of hydrogen-bond donors (Lipinski definition) is 1. The van der Waals surface area contributed by atoms with Gasteiger partial charge in [0.05, 0.1) is 27.9 Å². The van der Waals surface area contributed by atoms with Gasteiger partial charge in [0.1, 0.15) is 0 Å². The minimum absolute atomic E-state index is 0.0833. The molecule has 6 nitrogen and oxygen atoms in total. The number of carbonyl (C=O) groups is 1. The fourth-order valence-corrected chi connectivity index (χ4v) is 3.75. The summed E-state index contributed by atoms with van der Waals surface area (Å²) in [5, 5.41) is 2.95. The summed E-state index contributed by atoms with van der Waals surface area (Å²) in [5.41, 5.74) is 4.42. The van der Waals surface area contributed by atoms with Gasteiger partial charge in [0, 0.05) is 30.1 Å². The summed E-state index contributed by atoms with van der Waals surface area (Å²) in [6.45, 7) is 5.57. The number of aryl methyl sites for hydroxylation is 1. The lowest BCUT2D eigenvalue weighted by atomic mass is 9.95. The number of rotatable bonds is 7. The van der Waals surface area contributed by atoms with Gasteiger partial charge in [-0.1, -0.05) is 26.0 Å². The van der Waals surface area contributed by atoms with Crippen molar-refractivity contribution < 1.29 is 19.0 Å². The summed E-state index contributed by atoms with van der Waals surface area (Å²) in [7, 11) is 4.66. The smallest absolute Gasteiger partial charge is 0.243 e. The summed E-state index contributed by atoms with van der Waals surface area (Å²) >= 11 is 0. The minimum Gasteiger partial charge on any atom is -0.493 e. The molecule has 0 atom stereocenters. The molecule has 29 heavy (non-hydrogen) atoms. The largest absolute Gasteiger partial charge is 0.493 e. The van der Waals surface area contributed by atoms with E-state index < -0.39 is 0 Å². The Bertz CT molecular complexity index is 854. The predicted octanol–water partition coefficient (Wildman–Crippen LogP) is 4.23. The highest BCUT2D eigenvalue weighted by Crippen LogP contribution is 2.40. The Hall–Kier alpha value is -2.89. The Kier molecular flexibility index (Phi) is 6.52. The highest BCUT2D eigenvalue weighted by Gasteiger charge is 2.21. The van der Waals surface area contributed by atoms with Crippen molar-refractivity contribution in [2.24, 2.45) is 0 Å². The molecule has 1 amide bonds. The van der Waals surface area contributed by atoms with Crippen LogP contribution in [0.3, 0.4) is 0 Å². The molecule has 1 aliphatic heterocycles. The second kappa shape index (κ2) is 9.07. The van der Waals surface area contributed by atoms with E-state index in [2.05, 4.69) is 42.3 Å². The number of amides is 1. The van der Waals surface area contributed by atoms with E-state index in [1.807, 2.05) is 0 Å². The van der Waals surface area contributed by atoms with Crippen molar-refractivity contribution in [1.82, 2.24) is 0 Å². The third-order valence-corrected chi connectivity index (χ3v) is 5.27. The lowest BCUT2D eigenvalue weighted by Crippen LogP contribution is -2.36. The standard InChI is InChI=1S/C23H30N2O4/c1-15(2)16-8-9-19-17(11-16)7-6-10-25(19)14-22(26)24-18-12-20(27-3)23(29-5)21(13-18)28-4/h8-9,11-13,15H,6-7,10,14H2,1-5H3,(H,24,26). The summed E-state index contributed by atoms with van der Waals surface area (Å²) < 4.78 is 16.1. The van der Waals surface area contributed by atoms with Crippen LogP contribution in [0.2, 0.25) is 0 Å². The highest BCUT2D eigenvalue weighted by atomic mass is 16.5. The lowest BCUT2D eigenvalue weighted by molar-refractivity contribution is -0.115. The van der Waals surface area contributed by atoms with Gasteiger partial charge in [-0.15, -0.1) is 0 Å². The summed E-state index contributed by atoms with van der Waals surface area (Å²) in [6, 6.07) is 10.1. The van der Waals surface area contributed by atoms with Gasteiger partial charge in [-0.25, -0.2) is 0 Å². The number of carbonyl (C=O) groups excluding carboxylic acids is 1. The maximum absolute atomic E-state index is 12.8. The summed E-state index contributed by atoms with van der Waals surface area (Å²) in [6.07, 6.45) is 2.10. The molecule has 2 aromatic rings. The predicted molar refractivity (Wildman–Crippen MR) is 116 cm³/mol. The van der Waals surface area contributed by atoms with Gasteiger partial charge in [-0.3, -0.25) is 4.79 Å². The van der Waals surface area contributed by atoms with Crippen molar-refractivity contribution in [1.29, 1.82) is 0 Å². The molecule has 1 heterocycles. The molecule has 2 aromatic carbocycles. The second-order valence-corrected chi connectivity index (χ2v) is 7.53. The van der Waals surface area contributed by atoms with Gasteiger partial charge < -0.3 is 24.4 Å². The first-order valence-electron chi connectivity index (χ1n) is 9.94. The summed E-state index contributed by atoms with van der Waals surface area (Å²) in [5.74, 6) is 1.93. The molecule has 1 aliphatic rings. The van der Waals surface area contributed by atoms with Gasteiger partial charge in [0.25, 0.3) is 0 Å². The van der Waals surface area contributed by atoms with Crippen LogP contribution in [-0.2, 0) is 11.2 Å². The number of benzene rings is 2. The summed E-state index contributed by atoms with van der Waals surface area (Å²) in [4.78, 5) is 14.9. The number of nitrogens with one attached hydrogen (secondary N) is 1. The molecule has 0 bridgehead atoms. The van der Waals surface area contributed by atoms with Crippen LogP contribution in [0.5, 0.6) is 17.2 Å². The number of ether oxygens (including phenoxy) is 3. The Labute approximate surface area is 172 Å². The van der Waals surface area contributed by atoms with Gasteiger partial charge in [-0.05, 0) is 36.0 Å². The first-order valence-corrected chi connectivity index (χ1v) is 9.94. The van der Waals surface area contributed by atoms with Crippen molar-refractivity contribution in [3.05, 3.63) is 41.5 Å². The molecule has 0 saturated carbocycles. The van der Waals surface area contributed by atoms with Crippen LogP contribution in [0.1, 0.15) is 37.3 Å². The fourth-order valence-electron chi connectivity index (χ4n) is 3.75. The van der Waals surface area contributed by atoms with E-state index in [1.165, 1.54) is 11.1 Å². The van der Waals surface area contributed by atoms with Crippen molar-refractivity contribution in [3.63, 3.8) is 0 Å². The van der Waals surface area contributed by atoms with E-state index in [4.69, 9.17) is 14.2 Å². The third-order valence-electron chi connectivity index (χ3n) is 5.27. The van der Waals surface area contributed by atoms with E-state index in [0.717, 1.165) is 25.1 Å². The molecule has 3 rings (SSSR count). The van der Waals surface area contributed by atoms with Crippen LogP contribution in [0, 0.1) is 0 Å². The molecule has 0 aromatic heterocycles. The molecule has 6 heteroatoms. The quantitative estimate of drug-likeness (QED) is 0.756. The number of methoxy groups -OCH3 is 3. The Morgan fingerprint density at radius 3 is 2.34 bits per heavy atom. The third kappa shape index (κ3) is 4.58.